The Kier molecular flexibility index (Phi) is 2.83. The van der Waals surface area contributed by atoms with Gasteiger partial charge in [-0.05, 0) is 18.5 Å². The monoisotopic (exact) mass is 270 g/mol. The lowest BCUT2D eigenvalue weighted by atomic mass is 10.2. The van der Waals surface area contributed by atoms with Crippen LogP contribution in [0.2, 0.25) is 5.28 Å². The number of ether oxygens (including phenoxy) is 1. The number of rotatable bonds is 1. The first-order valence-electron chi connectivity index (χ1n) is 5.71. The molecule has 1 fully saturated rings. The Balaban J connectivity index is 2.02. The van der Waals surface area contributed by atoms with E-state index < -0.39 is 0 Å². The number of anilines is 1. The number of nitrogens with zero attached hydrogens (tertiary/aromatic N) is 4. The third-order valence-corrected chi connectivity index (χ3v) is 3.12. The van der Waals surface area contributed by atoms with Crippen molar-refractivity contribution in [3.8, 4) is 0 Å². The summed E-state index contributed by atoms with van der Waals surface area (Å²) >= 11 is 5.70. The van der Waals surface area contributed by atoms with Gasteiger partial charge in [-0.3, -0.25) is 0 Å². The Morgan fingerprint density at radius 3 is 3.17 bits per heavy atom. The molecule has 1 saturated heterocycles. The van der Waals surface area contributed by atoms with Crippen LogP contribution in [0.3, 0.4) is 0 Å². The maximum atomic E-state index is 14.0. The largest absolute Gasteiger partial charge is 0.375 e. The van der Waals surface area contributed by atoms with Gasteiger partial charge in [-0.1, -0.05) is 0 Å². The number of hydrogen-bond donors (Lipinski definition) is 0. The van der Waals surface area contributed by atoms with Gasteiger partial charge in [-0.15, -0.1) is 5.10 Å². The summed E-state index contributed by atoms with van der Waals surface area (Å²) in [5, 5.41) is 4.09. The average Bonchev–Trinajstić information content (AvgIpc) is 2.67. The molecule has 18 heavy (non-hydrogen) atoms. The third kappa shape index (κ3) is 2.02. The molecule has 0 spiro atoms. The molecule has 0 radical (unpaired) electrons. The topological polar surface area (TPSA) is 42.7 Å². The molecule has 0 amide bonds. The zero-order chi connectivity index (χ0) is 12.7. The summed E-state index contributed by atoms with van der Waals surface area (Å²) in [5.74, 6) is -0.319. The summed E-state index contributed by atoms with van der Waals surface area (Å²) in [5.41, 5.74) is 0.904. The minimum atomic E-state index is -0.319. The van der Waals surface area contributed by atoms with E-state index in [0.29, 0.717) is 31.0 Å². The average molecular weight is 271 g/mol. The first-order chi connectivity index (χ1) is 8.63. The molecule has 7 heteroatoms. The van der Waals surface area contributed by atoms with Crippen LogP contribution in [0.25, 0.3) is 5.65 Å². The Labute approximate surface area is 108 Å². The van der Waals surface area contributed by atoms with Crippen LogP contribution in [0, 0.1) is 5.82 Å². The van der Waals surface area contributed by atoms with Crippen molar-refractivity contribution in [3.05, 3.63) is 23.4 Å². The second-order valence-corrected chi connectivity index (χ2v) is 4.66. The molecule has 1 aliphatic rings. The van der Waals surface area contributed by atoms with Crippen molar-refractivity contribution in [3.63, 3.8) is 0 Å². The maximum absolute atomic E-state index is 14.0. The van der Waals surface area contributed by atoms with Crippen LogP contribution < -0.4 is 4.90 Å². The molecular formula is C11H12ClFN4O. The highest BCUT2D eigenvalue weighted by Gasteiger charge is 2.20. The number of aromatic nitrogens is 3. The van der Waals surface area contributed by atoms with Crippen molar-refractivity contribution in [2.45, 2.75) is 13.0 Å². The zero-order valence-electron chi connectivity index (χ0n) is 9.81. The van der Waals surface area contributed by atoms with E-state index in [0.717, 1.165) is 0 Å². The molecular weight excluding hydrogens is 259 g/mol. The van der Waals surface area contributed by atoms with Crippen molar-refractivity contribution >= 4 is 22.9 Å². The molecule has 1 aliphatic heterocycles. The van der Waals surface area contributed by atoms with Gasteiger partial charge in [0.15, 0.2) is 11.5 Å². The SMILES string of the molecule is CC1CN(c2cn3nc(Cl)nc3cc2F)CCO1. The van der Waals surface area contributed by atoms with E-state index in [1.54, 1.807) is 6.20 Å². The van der Waals surface area contributed by atoms with E-state index in [1.165, 1.54) is 10.6 Å². The van der Waals surface area contributed by atoms with Crippen LogP contribution >= 0.6 is 11.6 Å². The van der Waals surface area contributed by atoms with E-state index in [1.807, 2.05) is 11.8 Å². The number of halogens is 2. The van der Waals surface area contributed by atoms with E-state index in [4.69, 9.17) is 16.3 Å². The highest BCUT2D eigenvalue weighted by Crippen LogP contribution is 2.23. The van der Waals surface area contributed by atoms with Gasteiger partial charge in [0.1, 0.15) is 0 Å². The molecule has 3 heterocycles. The standard InChI is InChI=1S/C11H12ClFN4O/c1-7-5-16(2-3-18-7)9-6-17-10(4-8(9)13)14-11(12)15-17/h4,6-7H,2-3,5H2,1H3. The van der Waals surface area contributed by atoms with Crippen molar-refractivity contribution in [2.24, 2.45) is 0 Å². The number of pyridine rings is 1. The molecule has 0 bridgehead atoms. The molecule has 3 rings (SSSR count). The summed E-state index contributed by atoms with van der Waals surface area (Å²) in [6.07, 6.45) is 1.70. The van der Waals surface area contributed by atoms with Crippen LogP contribution in [0.5, 0.6) is 0 Å². The lowest BCUT2D eigenvalue weighted by molar-refractivity contribution is 0.0529. The fraction of sp³-hybridized carbons (Fsp3) is 0.455. The molecule has 2 aromatic rings. The van der Waals surface area contributed by atoms with Gasteiger partial charge in [0.05, 0.1) is 24.6 Å². The summed E-state index contributed by atoms with van der Waals surface area (Å²) in [6, 6.07) is 1.34. The van der Waals surface area contributed by atoms with Gasteiger partial charge in [0.25, 0.3) is 0 Å². The normalized spacial score (nSPS) is 20.6. The maximum Gasteiger partial charge on any atom is 0.243 e. The Morgan fingerprint density at radius 1 is 1.56 bits per heavy atom. The molecule has 1 unspecified atom stereocenters. The lowest BCUT2D eigenvalue weighted by Gasteiger charge is -2.32. The fourth-order valence-electron chi connectivity index (χ4n) is 2.14. The molecule has 0 N–H and O–H groups in total. The van der Waals surface area contributed by atoms with Crippen molar-refractivity contribution in [1.82, 2.24) is 14.6 Å². The van der Waals surface area contributed by atoms with Gasteiger partial charge in [-0.25, -0.2) is 8.91 Å². The second-order valence-electron chi connectivity index (χ2n) is 4.32. The molecule has 5 nitrogen and oxygen atoms in total. The Morgan fingerprint density at radius 2 is 2.39 bits per heavy atom. The third-order valence-electron chi connectivity index (χ3n) is 2.96. The van der Waals surface area contributed by atoms with Crippen LogP contribution in [0.15, 0.2) is 12.3 Å². The van der Waals surface area contributed by atoms with E-state index >= 15 is 0 Å². The first-order valence-corrected chi connectivity index (χ1v) is 6.09. The Hall–Kier alpha value is -1.40. The minimum absolute atomic E-state index is 0.0909. The highest BCUT2D eigenvalue weighted by molar-refractivity contribution is 6.28. The van der Waals surface area contributed by atoms with Gasteiger partial charge in [-0.2, -0.15) is 4.98 Å². The lowest BCUT2D eigenvalue weighted by Crippen LogP contribution is -2.41. The van der Waals surface area contributed by atoms with Crippen LogP contribution in [0.4, 0.5) is 10.1 Å². The zero-order valence-corrected chi connectivity index (χ0v) is 10.6. The molecule has 96 valence electrons. The summed E-state index contributed by atoms with van der Waals surface area (Å²) in [6.45, 7) is 3.88. The molecule has 0 aliphatic carbocycles. The van der Waals surface area contributed by atoms with E-state index in [9.17, 15) is 4.39 Å². The van der Waals surface area contributed by atoms with E-state index in [-0.39, 0.29) is 17.2 Å². The van der Waals surface area contributed by atoms with Crippen molar-refractivity contribution < 1.29 is 9.13 Å². The summed E-state index contributed by atoms with van der Waals surface area (Å²) in [4.78, 5) is 5.85. The minimum Gasteiger partial charge on any atom is -0.375 e. The summed E-state index contributed by atoms with van der Waals surface area (Å²) in [7, 11) is 0. The quantitative estimate of drug-likeness (QED) is 0.792. The van der Waals surface area contributed by atoms with Gasteiger partial charge >= 0.3 is 0 Å². The fourth-order valence-corrected chi connectivity index (χ4v) is 2.30. The predicted octanol–water partition coefficient (Wildman–Crippen LogP) is 1.75. The van der Waals surface area contributed by atoms with Crippen LogP contribution in [0.1, 0.15) is 6.92 Å². The number of fused-ring (bicyclic) bond motifs is 1. The van der Waals surface area contributed by atoms with Crippen molar-refractivity contribution in [2.75, 3.05) is 24.6 Å². The molecule has 0 saturated carbocycles. The molecule has 2 aromatic heterocycles. The first kappa shape index (κ1) is 11.7. The molecule has 1 atom stereocenters. The van der Waals surface area contributed by atoms with Gasteiger partial charge in [0, 0.05) is 19.2 Å². The molecule has 0 aromatic carbocycles. The van der Waals surface area contributed by atoms with E-state index in [2.05, 4.69) is 10.1 Å². The summed E-state index contributed by atoms with van der Waals surface area (Å²) < 4.78 is 21.0. The van der Waals surface area contributed by atoms with Gasteiger partial charge in [0.2, 0.25) is 5.28 Å². The smallest absolute Gasteiger partial charge is 0.243 e. The number of hydrogen-bond acceptors (Lipinski definition) is 4. The van der Waals surface area contributed by atoms with Crippen LogP contribution in [-0.4, -0.2) is 40.4 Å². The second kappa shape index (κ2) is 4.37. The number of morpholine rings is 1. The Bertz CT molecular complexity index is 588. The predicted molar refractivity (Wildman–Crippen MR) is 65.6 cm³/mol. The highest BCUT2D eigenvalue weighted by atomic mass is 35.5. The van der Waals surface area contributed by atoms with Crippen molar-refractivity contribution in [1.29, 1.82) is 0 Å². The van der Waals surface area contributed by atoms with Crippen LogP contribution in [-0.2, 0) is 4.74 Å². The van der Waals surface area contributed by atoms with Gasteiger partial charge < -0.3 is 9.64 Å².